The van der Waals surface area contributed by atoms with E-state index < -0.39 is 0 Å². The molecule has 0 bridgehead atoms. The Hall–Kier alpha value is -2.64. The van der Waals surface area contributed by atoms with Gasteiger partial charge < -0.3 is 0 Å². The van der Waals surface area contributed by atoms with E-state index in [-0.39, 0.29) is 0 Å². The number of pyridine rings is 1. The maximum absolute atomic E-state index is 8.92. The molecule has 0 aliphatic heterocycles. The Morgan fingerprint density at radius 1 is 1.10 bits per heavy atom. The normalized spacial score (nSPS) is 10.2. The predicted molar refractivity (Wildman–Crippen MR) is 77.0 cm³/mol. The molecule has 0 saturated heterocycles. The summed E-state index contributed by atoms with van der Waals surface area (Å²) in [6.07, 6.45) is 1.67. The molecule has 1 N–H and O–H groups in total. The van der Waals surface area contributed by atoms with Gasteiger partial charge in [-0.15, -0.1) is 0 Å². The average Bonchev–Trinajstić information content (AvgIpc) is 2.98. The van der Waals surface area contributed by atoms with E-state index in [4.69, 9.17) is 16.9 Å². The van der Waals surface area contributed by atoms with Crippen LogP contribution in [0.3, 0.4) is 0 Å². The Morgan fingerprint density at radius 2 is 2.00 bits per heavy atom. The molecule has 3 aromatic rings. The van der Waals surface area contributed by atoms with Crippen molar-refractivity contribution < 1.29 is 0 Å². The summed E-state index contributed by atoms with van der Waals surface area (Å²) in [5.74, 6) is 0. The zero-order valence-corrected chi connectivity index (χ0v) is 11.1. The van der Waals surface area contributed by atoms with E-state index >= 15 is 0 Å². The second kappa shape index (κ2) is 5.16. The van der Waals surface area contributed by atoms with Crippen LogP contribution in [0.2, 0.25) is 5.15 Å². The lowest BCUT2D eigenvalue weighted by Crippen LogP contribution is -1.80. The lowest BCUT2D eigenvalue weighted by atomic mass is 10.1. The van der Waals surface area contributed by atoms with Crippen LogP contribution in [0, 0.1) is 11.3 Å². The van der Waals surface area contributed by atoms with Crippen molar-refractivity contribution >= 4 is 11.6 Å². The zero-order chi connectivity index (χ0) is 13.9. The number of nitrogens with one attached hydrogen (secondary N) is 1. The van der Waals surface area contributed by atoms with Gasteiger partial charge in [-0.05, 0) is 30.3 Å². The quantitative estimate of drug-likeness (QED) is 0.729. The molecule has 2 heterocycles. The van der Waals surface area contributed by atoms with Crippen LogP contribution in [0.1, 0.15) is 5.56 Å². The van der Waals surface area contributed by atoms with Crippen molar-refractivity contribution in [3.05, 3.63) is 59.4 Å². The largest absolute Gasteiger partial charge is 0.277 e. The van der Waals surface area contributed by atoms with Gasteiger partial charge in [0.15, 0.2) is 0 Å². The van der Waals surface area contributed by atoms with E-state index in [1.165, 1.54) is 0 Å². The summed E-state index contributed by atoms with van der Waals surface area (Å²) in [6.45, 7) is 0. The van der Waals surface area contributed by atoms with Gasteiger partial charge in [0.1, 0.15) is 5.15 Å². The van der Waals surface area contributed by atoms with Crippen molar-refractivity contribution in [3.8, 4) is 28.6 Å². The maximum atomic E-state index is 8.92. The molecule has 0 fully saturated rings. The van der Waals surface area contributed by atoms with Crippen LogP contribution in [-0.2, 0) is 0 Å². The third-order valence-electron chi connectivity index (χ3n) is 2.90. The summed E-state index contributed by atoms with van der Waals surface area (Å²) in [7, 11) is 0. The minimum absolute atomic E-state index is 0.450. The van der Waals surface area contributed by atoms with Crippen molar-refractivity contribution in [2.75, 3.05) is 0 Å². The highest BCUT2D eigenvalue weighted by Crippen LogP contribution is 2.24. The van der Waals surface area contributed by atoms with Gasteiger partial charge in [-0.1, -0.05) is 23.7 Å². The van der Waals surface area contributed by atoms with Gasteiger partial charge in [-0.3, -0.25) is 5.10 Å². The topological polar surface area (TPSA) is 65.4 Å². The molecule has 3 rings (SSSR count). The molecule has 0 aliphatic rings. The lowest BCUT2D eigenvalue weighted by molar-refractivity contribution is 1.10. The van der Waals surface area contributed by atoms with Crippen molar-refractivity contribution in [1.82, 2.24) is 15.2 Å². The first-order valence-electron chi connectivity index (χ1n) is 5.94. The molecule has 0 aliphatic carbocycles. The minimum atomic E-state index is 0.450. The molecular formula is C15H9ClN4. The number of nitriles is 1. The Morgan fingerprint density at radius 3 is 2.75 bits per heavy atom. The van der Waals surface area contributed by atoms with E-state index in [1.807, 2.05) is 30.3 Å². The van der Waals surface area contributed by atoms with Crippen LogP contribution >= 0.6 is 11.6 Å². The molecule has 20 heavy (non-hydrogen) atoms. The lowest BCUT2D eigenvalue weighted by Gasteiger charge is -1.97. The maximum Gasteiger partial charge on any atom is 0.129 e. The molecular weight excluding hydrogens is 272 g/mol. The monoisotopic (exact) mass is 280 g/mol. The third kappa shape index (κ3) is 2.40. The second-order valence-corrected chi connectivity index (χ2v) is 4.62. The number of hydrogen-bond acceptors (Lipinski definition) is 3. The number of H-pyrrole nitrogens is 1. The highest BCUT2D eigenvalue weighted by molar-refractivity contribution is 6.29. The van der Waals surface area contributed by atoms with Crippen molar-refractivity contribution in [2.45, 2.75) is 0 Å². The Balaban J connectivity index is 1.97. The SMILES string of the molecule is N#Cc1cccc(-c2cc(-c3ccc(Cl)nc3)n[nH]2)c1. The molecule has 0 spiro atoms. The summed E-state index contributed by atoms with van der Waals surface area (Å²) in [5.41, 5.74) is 4.06. The molecule has 0 amide bonds. The highest BCUT2D eigenvalue weighted by Gasteiger charge is 2.06. The first-order valence-corrected chi connectivity index (χ1v) is 6.32. The number of aromatic amines is 1. The minimum Gasteiger partial charge on any atom is -0.277 e. The fourth-order valence-electron chi connectivity index (χ4n) is 1.90. The van der Waals surface area contributed by atoms with Gasteiger partial charge in [0.2, 0.25) is 0 Å². The molecule has 2 aromatic heterocycles. The summed E-state index contributed by atoms with van der Waals surface area (Å²) >= 11 is 5.76. The van der Waals surface area contributed by atoms with Crippen LogP contribution in [0.15, 0.2) is 48.7 Å². The summed E-state index contributed by atoms with van der Waals surface area (Å²) in [4.78, 5) is 4.03. The molecule has 0 radical (unpaired) electrons. The fourth-order valence-corrected chi connectivity index (χ4v) is 2.01. The zero-order valence-electron chi connectivity index (χ0n) is 10.3. The molecule has 0 saturated carbocycles. The smallest absolute Gasteiger partial charge is 0.129 e. The standard InChI is InChI=1S/C15H9ClN4/c16-15-5-4-12(9-18-15)14-7-13(19-20-14)11-3-1-2-10(6-11)8-17/h1-7,9H,(H,19,20). The van der Waals surface area contributed by atoms with Gasteiger partial charge in [0.05, 0.1) is 23.0 Å². The predicted octanol–water partition coefficient (Wildman–Crippen LogP) is 3.66. The van der Waals surface area contributed by atoms with E-state index in [2.05, 4.69) is 21.3 Å². The van der Waals surface area contributed by atoms with Gasteiger partial charge in [-0.2, -0.15) is 10.4 Å². The summed E-state index contributed by atoms with van der Waals surface area (Å²) in [6, 6.07) is 15.0. The first kappa shape index (κ1) is 12.4. The van der Waals surface area contributed by atoms with E-state index in [1.54, 1.807) is 18.3 Å². The van der Waals surface area contributed by atoms with E-state index in [9.17, 15) is 0 Å². The molecule has 1 aromatic carbocycles. The van der Waals surface area contributed by atoms with Crippen LogP contribution in [0.4, 0.5) is 0 Å². The number of hydrogen-bond donors (Lipinski definition) is 1. The van der Waals surface area contributed by atoms with Crippen LogP contribution < -0.4 is 0 Å². The van der Waals surface area contributed by atoms with Gasteiger partial charge >= 0.3 is 0 Å². The molecule has 0 unspecified atom stereocenters. The van der Waals surface area contributed by atoms with Gasteiger partial charge in [0, 0.05) is 17.3 Å². The van der Waals surface area contributed by atoms with E-state index in [0.29, 0.717) is 10.7 Å². The Kier molecular flexibility index (Phi) is 3.20. The summed E-state index contributed by atoms with van der Waals surface area (Å²) < 4.78 is 0. The van der Waals surface area contributed by atoms with Gasteiger partial charge in [-0.25, -0.2) is 4.98 Å². The Bertz CT molecular complexity index is 784. The van der Waals surface area contributed by atoms with Crippen LogP contribution in [-0.4, -0.2) is 15.2 Å². The molecule has 5 heteroatoms. The van der Waals surface area contributed by atoms with Gasteiger partial charge in [0.25, 0.3) is 0 Å². The van der Waals surface area contributed by atoms with Crippen LogP contribution in [0.5, 0.6) is 0 Å². The number of nitrogens with zero attached hydrogens (tertiary/aromatic N) is 3. The third-order valence-corrected chi connectivity index (χ3v) is 3.13. The highest BCUT2D eigenvalue weighted by atomic mass is 35.5. The summed E-state index contributed by atoms with van der Waals surface area (Å²) in [5, 5.41) is 16.6. The molecule has 96 valence electrons. The number of halogens is 1. The Labute approximate surface area is 120 Å². The van der Waals surface area contributed by atoms with Crippen molar-refractivity contribution in [3.63, 3.8) is 0 Å². The number of rotatable bonds is 2. The number of aromatic nitrogens is 3. The van der Waals surface area contributed by atoms with Crippen molar-refractivity contribution in [2.24, 2.45) is 0 Å². The van der Waals surface area contributed by atoms with Crippen LogP contribution in [0.25, 0.3) is 22.5 Å². The molecule has 4 nitrogen and oxygen atoms in total. The molecule has 0 atom stereocenters. The number of benzene rings is 1. The second-order valence-electron chi connectivity index (χ2n) is 4.23. The van der Waals surface area contributed by atoms with E-state index in [0.717, 1.165) is 22.5 Å². The average molecular weight is 281 g/mol. The first-order chi connectivity index (χ1) is 9.76. The fraction of sp³-hybridized carbons (Fsp3) is 0. The van der Waals surface area contributed by atoms with Crippen molar-refractivity contribution in [1.29, 1.82) is 5.26 Å².